The monoisotopic (exact) mass is 214 g/mol. The molecule has 1 heterocycles. The van der Waals surface area contributed by atoms with Crippen molar-refractivity contribution in [3.8, 4) is 0 Å². The molecule has 5 heteroatoms. The van der Waals surface area contributed by atoms with Crippen LogP contribution in [0.4, 0.5) is 0 Å². The number of guanidine groups is 1. The normalized spacial score (nSPS) is 24.1. The molecule has 3 N–H and O–H groups in total. The quantitative estimate of drug-likeness (QED) is 0.495. The lowest BCUT2D eigenvalue weighted by Crippen LogP contribution is -2.42. The minimum atomic E-state index is 0.186. The summed E-state index contributed by atoms with van der Waals surface area (Å²) in [6, 6.07) is 0. The highest BCUT2D eigenvalue weighted by atomic mass is 16.5. The summed E-state index contributed by atoms with van der Waals surface area (Å²) in [4.78, 5) is 6.50. The van der Waals surface area contributed by atoms with Crippen molar-refractivity contribution in [2.24, 2.45) is 10.7 Å². The lowest BCUT2D eigenvalue weighted by Gasteiger charge is -2.29. The third-order valence-corrected chi connectivity index (χ3v) is 2.36. The minimum Gasteiger partial charge on any atom is -0.374 e. The van der Waals surface area contributed by atoms with Crippen LogP contribution in [-0.4, -0.2) is 56.8 Å². The van der Waals surface area contributed by atoms with Gasteiger partial charge < -0.3 is 20.7 Å². The highest BCUT2D eigenvalue weighted by Gasteiger charge is 2.16. The predicted octanol–water partition coefficient (Wildman–Crippen LogP) is -0.369. The summed E-state index contributed by atoms with van der Waals surface area (Å²) < 4.78 is 5.57. The van der Waals surface area contributed by atoms with Gasteiger partial charge in [-0.2, -0.15) is 0 Å². The summed E-state index contributed by atoms with van der Waals surface area (Å²) in [6.07, 6.45) is 1.24. The van der Waals surface area contributed by atoms with Crippen LogP contribution in [0.2, 0.25) is 0 Å². The molecular formula is C10H22N4O. The number of likely N-dealkylation sites (N-methyl/N-ethyl adjacent to an activating group) is 1. The average Bonchev–Trinajstić information content (AvgIpc) is 2.23. The number of hydrogen-bond donors (Lipinski definition) is 2. The molecule has 1 aliphatic rings. The van der Waals surface area contributed by atoms with Crippen LogP contribution in [0.3, 0.4) is 0 Å². The molecule has 0 radical (unpaired) electrons. The molecule has 1 unspecified atom stereocenters. The first-order valence-electron chi connectivity index (χ1n) is 5.56. The van der Waals surface area contributed by atoms with Crippen LogP contribution in [0.15, 0.2) is 4.99 Å². The minimum absolute atomic E-state index is 0.186. The summed E-state index contributed by atoms with van der Waals surface area (Å²) in [7, 11) is 2.10. The van der Waals surface area contributed by atoms with Crippen LogP contribution in [0, 0.1) is 0 Å². The van der Waals surface area contributed by atoms with Gasteiger partial charge >= 0.3 is 0 Å². The molecule has 5 nitrogen and oxygen atoms in total. The van der Waals surface area contributed by atoms with Gasteiger partial charge in [0, 0.05) is 19.6 Å². The number of nitrogens with two attached hydrogens (primary N) is 1. The number of ether oxygens (including phenoxy) is 1. The standard InChI is InChI=1S/C10H22N4O/c1-3-4-12-10(11)13-7-9-8-14(2)5-6-15-9/h9H,3-8H2,1-2H3,(H3,11,12,13). The number of rotatable bonds is 4. The van der Waals surface area contributed by atoms with Crippen molar-refractivity contribution in [2.45, 2.75) is 19.4 Å². The second-order valence-electron chi connectivity index (χ2n) is 3.91. The van der Waals surface area contributed by atoms with Crippen molar-refractivity contribution < 1.29 is 4.74 Å². The van der Waals surface area contributed by atoms with Crippen molar-refractivity contribution in [2.75, 3.05) is 39.8 Å². The van der Waals surface area contributed by atoms with Crippen molar-refractivity contribution in [1.29, 1.82) is 0 Å². The third-order valence-electron chi connectivity index (χ3n) is 2.36. The van der Waals surface area contributed by atoms with Gasteiger partial charge in [0.1, 0.15) is 0 Å². The molecular weight excluding hydrogens is 192 g/mol. The Labute approximate surface area is 91.7 Å². The fourth-order valence-electron chi connectivity index (χ4n) is 1.49. The third kappa shape index (κ3) is 4.99. The van der Waals surface area contributed by atoms with Crippen LogP contribution in [0.25, 0.3) is 0 Å². The number of aliphatic imine (C=N–C) groups is 1. The first-order valence-corrected chi connectivity index (χ1v) is 5.56. The Balaban J connectivity index is 2.22. The Hall–Kier alpha value is -0.810. The summed E-state index contributed by atoms with van der Waals surface area (Å²) in [5.41, 5.74) is 5.68. The zero-order valence-corrected chi connectivity index (χ0v) is 9.70. The van der Waals surface area contributed by atoms with Crippen molar-refractivity contribution in [1.82, 2.24) is 10.2 Å². The molecule has 1 saturated heterocycles. The van der Waals surface area contributed by atoms with Gasteiger partial charge in [-0.1, -0.05) is 6.92 Å². The highest BCUT2D eigenvalue weighted by Crippen LogP contribution is 2.02. The zero-order valence-electron chi connectivity index (χ0n) is 9.70. The van der Waals surface area contributed by atoms with E-state index in [4.69, 9.17) is 10.5 Å². The molecule has 88 valence electrons. The van der Waals surface area contributed by atoms with Crippen LogP contribution >= 0.6 is 0 Å². The molecule has 0 amide bonds. The van der Waals surface area contributed by atoms with Crippen LogP contribution in [-0.2, 0) is 4.74 Å². The molecule has 0 aromatic rings. The van der Waals surface area contributed by atoms with E-state index >= 15 is 0 Å². The smallest absolute Gasteiger partial charge is 0.188 e. The average molecular weight is 214 g/mol. The van der Waals surface area contributed by atoms with Gasteiger partial charge in [-0.3, -0.25) is 4.99 Å². The molecule has 0 aromatic carbocycles. The van der Waals surface area contributed by atoms with Gasteiger partial charge in [0.2, 0.25) is 0 Å². The molecule has 0 bridgehead atoms. The summed E-state index contributed by atoms with van der Waals surface area (Å²) in [6.45, 7) is 6.35. The molecule has 1 atom stereocenters. The van der Waals surface area contributed by atoms with Crippen molar-refractivity contribution >= 4 is 5.96 Å². The predicted molar refractivity (Wildman–Crippen MR) is 62.0 cm³/mol. The molecule has 1 aliphatic heterocycles. The topological polar surface area (TPSA) is 62.9 Å². The van der Waals surface area contributed by atoms with E-state index in [0.717, 1.165) is 32.7 Å². The Morgan fingerprint density at radius 1 is 1.67 bits per heavy atom. The fraction of sp³-hybridized carbons (Fsp3) is 0.900. The number of nitrogens with zero attached hydrogens (tertiary/aromatic N) is 2. The zero-order chi connectivity index (χ0) is 11.1. The molecule has 0 aliphatic carbocycles. The van der Waals surface area contributed by atoms with E-state index < -0.39 is 0 Å². The van der Waals surface area contributed by atoms with E-state index in [2.05, 4.69) is 29.2 Å². The van der Waals surface area contributed by atoms with Crippen LogP contribution in [0.5, 0.6) is 0 Å². The van der Waals surface area contributed by atoms with Crippen LogP contribution < -0.4 is 11.1 Å². The number of morpholine rings is 1. The fourth-order valence-corrected chi connectivity index (χ4v) is 1.49. The molecule has 0 aromatic heterocycles. The van der Waals surface area contributed by atoms with Gasteiger partial charge in [0.25, 0.3) is 0 Å². The van der Waals surface area contributed by atoms with E-state index in [-0.39, 0.29) is 6.10 Å². The first kappa shape index (κ1) is 12.3. The largest absolute Gasteiger partial charge is 0.374 e. The molecule has 0 saturated carbocycles. The van der Waals surface area contributed by atoms with E-state index in [1.807, 2.05) is 0 Å². The van der Waals surface area contributed by atoms with Gasteiger partial charge in [-0.25, -0.2) is 0 Å². The number of hydrogen-bond acceptors (Lipinski definition) is 3. The molecule has 1 fully saturated rings. The van der Waals surface area contributed by atoms with E-state index in [1.54, 1.807) is 0 Å². The lowest BCUT2D eigenvalue weighted by atomic mass is 10.3. The second kappa shape index (κ2) is 6.63. The van der Waals surface area contributed by atoms with Crippen molar-refractivity contribution in [3.63, 3.8) is 0 Å². The highest BCUT2D eigenvalue weighted by molar-refractivity contribution is 5.77. The van der Waals surface area contributed by atoms with Crippen molar-refractivity contribution in [3.05, 3.63) is 0 Å². The van der Waals surface area contributed by atoms with Gasteiger partial charge in [-0.05, 0) is 13.5 Å². The Morgan fingerprint density at radius 3 is 3.13 bits per heavy atom. The Bertz CT molecular complexity index is 208. The lowest BCUT2D eigenvalue weighted by molar-refractivity contribution is -0.0136. The molecule has 15 heavy (non-hydrogen) atoms. The number of nitrogens with one attached hydrogen (secondary N) is 1. The maximum atomic E-state index is 5.68. The molecule has 0 spiro atoms. The van der Waals surface area contributed by atoms with Gasteiger partial charge in [0.05, 0.1) is 19.3 Å². The summed E-state index contributed by atoms with van der Waals surface area (Å²) in [5, 5.41) is 3.04. The Morgan fingerprint density at radius 2 is 2.47 bits per heavy atom. The first-order chi connectivity index (χ1) is 7.22. The SMILES string of the molecule is CCCNC(N)=NCC1CN(C)CCO1. The van der Waals surface area contributed by atoms with E-state index in [1.165, 1.54) is 0 Å². The second-order valence-corrected chi connectivity index (χ2v) is 3.91. The summed E-state index contributed by atoms with van der Waals surface area (Å²) >= 11 is 0. The Kier molecular flexibility index (Phi) is 5.42. The van der Waals surface area contributed by atoms with Crippen LogP contribution in [0.1, 0.15) is 13.3 Å². The van der Waals surface area contributed by atoms with Gasteiger partial charge in [0.15, 0.2) is 5.96 Å². The maximum Gasteiger partial charge on any atom is 0.188 e. The summed E-state index contributed by atoms with van der Waals surface area (Å²) in [5.74, 6) is 0.522. The maximum absolute atomic E-state index is 5.68. The van der Waals surface area contributed by atoms with Gasteiger partial charge in [-0.15, -0.1) is 0 Å². The molecule has 1 rings (SSSR count). The van der Waals surface area contributed by atoms with E-state index in [0.29, 0.717) is 12.5 Å². The van der Waals surface area contributed by atoms with E-state index in [9.17, 15) is 0 Å².